The zero-order valence-corrected chi connectivity index (χ0v) is 15.0. The van der Waals surface area contributed by atoms with Crippen molar-refractivity contribution in [2.45, 2.75) is 12.5 Å². The van der Waals surface area contributed by atoms with Crippen molar-refractivity contribution >= 4 is 33.0 Å². The fraction of sp³-hybridized carbons (Fsp3) is 0.562. The average Bonchev–Trinajstić information content (AvgIpc) is 2.87. The summed E-state index contributed by atoms with van der Waals surface area (Å²) in [7, 11) is -2.96. The number of hydrogen-bond donors (Lipinski definition) is 1. The molecule has 2 fully saturated rings. The number of para-hydroxylation sites is 1. The van der Waals surface area contributed by atoms with E-state index in [0.29, 0.717) is 13.0 Å². The lowest BCUT2D eigenvalue weighted by atomic mass is 10.2. The van der Waals surface area contributed by atoms with Crippen LogP contribution in [0.1, 0.15) is 6.42 Å². The van der Waals surface area contributed by atoms with Gasteiger partial charge in [-0.3, -0.25) is 9.69 Å². The highest BCUT2D eigenvalue weighted by Gasteiger charge is 2.29. The first-order valence-electron chi connectivity index (χ1n) is 8.14. The fourth-order valence-corrected chi connectivity index (χ4v) is 5.17. The minimum Gasteiger partial charge on any atom is -0.368 e. The molecule has 2 aliphatic heterocycles. The van der Waals surface area contributed by atoms with Gasteiger partial charge < -0.3 is 10.2 Å². The predicted molar refractivity (Wildman–Crippen MR) is 95.3 cm³/mol. The normalized spacial score (nSPS) is 24.0. The first-order valence-corrected chi connectivity index (χ1v) is 10.3. The van der Waals surface area contributed by atoms with Gasteiger partial charge in [-0.05, 0) is 18.6 Å². The van der Waals surface area contributed by atoms with Gasteiger partial charge in [0.15, 0.2) is 9.84 Å². The molecule has 1 aromatic rings. The Bertz CT molecular complexity index is 702. The van der Waals surface area contributed by atoms with Crippen molar-refractivity contribution in [3.05, 3.63) is 29.3 Å². The fourth-order valence-electron chi connectivity index (χ4n) is 3.24. The van der Waals surface area contributed by atoms with Crippen molar-refractivity contribution in [2.24, 2.45) is 0 Å². The van der Waals surface area contributed by atoms with Crippen LogP contribution in [0, 0.1) is 0 Å². The summed E-state index contributed by atoms with van der Waals surface area (Å²) < 4.78 is 22.9. The van der Waals surface area contributed by atoms with Gasteiger partial charge in [0.1, 0.15) is 0 Å². The smallest absolute Gasteiger partial charge is 0.234 e. The number of carbonyl (C=O) groups is 1. The molecule has 0 spiro atoms. The number of piperazine rings is 1. The second kappa shape index (κ2) is 7.29. The Labute approximate surface area is 147 Å². The highest BCUT2D eigenvalue weighted by Crippen LogP contribution is 2.25. The molecule has 1 aromatic carbocycles. The molecule has 0 radical (unpaired) electrons. The molecule has 1 atom stereocenters. The van der Waals surface area contributed by atoms with E-state index < -0.39 is 9.84 Å². The minimum absolute atomic E-state index is 0.0685. The number of carbonyl (C=O) groups excluding carboxylic acids is 1. The molecule has 0 saturated carbocycles. The number of anilines is 1. The van der Waals surface area contributed by atoms with Gasteiger partial charge in [0.05, 0.1) is 28.8 Å². The lowest BCUT2D eigenvalue weighted by Gasteiger charge is -2.36. The van der Waals surface area contributed by atoms with E-state index >= 15 is 0 Å². The topological polar surface area (TPSA) is 69.7 Å². The van der Waals surface area contributed by atoms with Crippen LogP contribution in [-0.4, -0.2) is 69.5 Å². The molecule has 8 heteroatoms. The molecule has 0 aromatic heterocycles. The maximum absolute atomic E-state index is 12.1. The Hall–Kier alpha value is -1.31. The van der Waals surface area contributed by atoms with Crippen molar-refractivity contribution < 1.29 is 13.2 Å². The number of amides is 1. The van der Waals surface area contributed by atoms with Crippen LogP contribution in [0.15, 0.2) is 24.3 Å². The van der Waals surface area contributed by atoms with Gasteiger partial charge in [0.25, 0.3) is 0 Å². The first-order chi connectivity index (χ1) is 11.4. The van der Waals surface area contributed by atoms with Crippen LogP contribution in [0.25, 0.3) is 0 Å². The van der Waals surface area contributed by atoms with Gasteiger partial charge in [-0.15, -0.1) is 0 Å². The second-order valence-corrected chi connectivity index (χ2v) is 9.02. The molecule has 2 aliphatic rings. The summed E-state index contributed by atoms with van der Waals surface area (Å²) in [5.41, 5.74) is 1.03. The summed E-state index contributed by atoms with van der Waals surface area (Å²) in [6, 6.07) is 7.54. The number of nitrogens with one attached hydrogen (secondary N) is 1. The Kier molecular flexibility index (Phi) is 5.32. The van der Waals surface area contributed by atoms with Gasteiger partial charge in [0.2, 0.25) is 5.91 Å². The molecule has 132 valence electrons. The highest BCUT2D eigenvalue weighted by atomic mass is 35.5. The van der Waals surface area contributed by atoms with Crippen LogP contribution in [0.3, 0.4) is 0 Å². The molecule has 0 bridgehead atoms. The highest BCUT2D eigenvalue weighted by molar-refractivity contribution is 7.91. The SMILES string of the molecule is O=C(CN1CCN(c2ccccc2Cl)CC1)N[C@@H]1CCS(=O)(=O)C1. The summed E-state index contributed by atoms with van der Waals surface area (Å²) in [6.07, 6.45) is 0.522. The van der Waals surface area contributed by atoms with E-state index in [1.54, 1.807) is 0 Å². The van der Waals surface area contributed by atoms with Crippen molar-refractivity contribution in [2.75, 3.05) is 49.1 Å². The third-order valence-corrected chi connectivity index (χ3v) is 6.62. The summed E-state index contributed by atoms with van der Waals surface area (Å²) in [6.45, 7) is 3.50. The van der Waals surface area contributed by atoms with Crippen LogP contribution < -0.4 is 10.2 Å². The van der Waals surface area contributed by atoms with E-state index in [0.717, 1.165) is 36.9 Å². The van der Waals surface area contributed by atoms with Crippen LogP contribution in [-0.2, 0) is 14.6 Å². The minimum atomic E-state index is -2.96. The lowest BCUT2D eigenvalue weighted by molar-refractivity contribution is -0.122. The average molecular weight is 372 g/mol. The van der Waals surface area contributed by atoms with E-state index in [4.69, 9.17) is 11.6 Å². The largest absolute Gasteiger partial charge is 0.368 e. The van der Waals surface area contributed by atoms with Gasteiger partial charge in [0, 0.05) is 32.2 Å². The third kappa shape index (κ3) is 4.40. The molecule has 2 heterocycles. The van der Waals surface area contributed by atoms with E-state index in [-0.39, 0.29) is 23.5 Å². The van der Waals surface area contributed by atoms with Crippen LogP contribution in [0.4, 0.5) is 5.69 Å². The summed E-state index contributed by atoms with van der Waals surface area (Å²) in [5.74, 6) is 0.149. The van der Waals surface area contributed by atoms with Gasteiger partial charge >= 0.3 is 0 Å². The number of benzene rings is 1. The molecule has 3 rings (SSSR count). The van der Waals surface area contributed by atoms with Gasteiger partial charge in [-0.25, -0.2) is 8.42 Å². The Morgan fingerprint density at radius 2 is 1.92 bits per heavy atom. The number of sulfone groups is 1. The quantitative estimate of drug-likeness (QED) is 0.846. The monoisotopic (exact) mass is 371 g/mol. The molecule has 0 aliphatic carbocycles. The molecular formula is C16H22ClN3O3S. The van der Waals surface area contributed by atoms with Crippen LogP contribution in [0.5, 0.6) is 0 Å². The lowest BCUT2D eigenvalue weighted by Crippen LogP contribution is -2.50. The van der Waals surface area contributed by atoms with Crippen molar-refractivity contribution in [1.29, 1.82) is 0 Å². The molecule has 1 N–H and O–H groups in total. The maximum Gasteiger partial charge on any atom is 0.234 e. The number of nitrogens with zero attached hydrogens (tertiary/aromatic N) is 2. The Morgan fingerprint density at radius 3 is 2.54 bits per heavy atom. The molecular weight excluding hydrogens is 350 g/mol. The van der Waals surface area contributed by atoms with E-state index in [9.17, 15) is 13.2 Å². The van der Waals surface area contributed by atoms with Crippen molar-refractivity contribution in [1.82, 2.24) is 10.2 Å². The molecule has 2 saturated heterocycles. The summed E-state index contributed by atoms with van der Waals surface area (Å²) in [5, 5.41) is 3.58. The number of rotatable bonds is 4. The second-order valence-electron chi connectivity index (χ2n) is 6.38. The molecule has 0 unspecified atom stereocenters. The third-order valence-electron chi connectivity index (χ3n) is 4.53. The van der Waals surface area contributed by atoms with Gasteiger partial charge in [-0.2, -0.15) is 0 Å². The zero-order chi connectivity index (χ0) is 17.2. The van der Waals surface area contributed by atoms with E-state index in [2.05, 4.69) is 15.1 Å². The Balaban J connectivity index is 1.45. The number of hydrogen-bond acceptors (Lipinski definition) is 5. The standard InChI is InChI=1S/C16H22ClN3O3S/c17-14-3-1-2-4-15(14)20-8-6-19(7-9-20)11-16(21)18-13-5-10-24(22,23)12-13/h1-4,13H,5-12H2,(H,18,21)/t13-/m1/s1. The Morgan fingerprint density at radius 1 is 1.21 bits per heavy atom. The molecule has 24 heavy (non-hydrogen) atoms. The van der Waals surface area contributed by atoms with Crippen molar-refractivity contribution in [3.8, 4) is 0 Å². The zero-order valence-electron chi connectivity index (χ0n) is 13.4. The van der Waals surface area contributed by atoms with Crippen LogP contribution >= 0.6 is 11.6 Å². The molecule has 1 amide bonds. The van der Waals surface area contributed by atoms with E-state index in [1.165, 1.54) is 0 Å². The summed E-state index contributed by atoms with van der Waals surface area (Å²) in [4.78, 5) is 16.4. The van der Waals surface area contributed by atoms with E-state index in [1.807, 2.05) is 24.3 Å². The van der Waals surface area contributed by atoms with Crippen LogP contribution in [0.2, 0.25) is 5.02 Å². The summed E-state index contributed by atoms with van der Waals surface area (Å²) >= 11 is 6.23. The first kappa shape index (κ1) is 17.5. The maximum atomic E-state index is 12.1. The number of halogens is 1. The van der Waals surface area contributed by atoms with Crippen molar-refractivity contribution in [3.63, 3.8) is 0 Å². The molecule has 6 nitrogen and oxygen atoms in total. The van der Waals surface area contributed by atoms with Gasteiger partial charge in [-0.1, -0.05) is 23.7 Å². The predicted octanol–water partition coefficient (Wildman–Crippen LogP) is 0.765.